The van der Waals surface area contributed by atoms with Crippen LogP contribution in [0.25, 0.3) is 0 Å². The molecule has 0 bridgehead atoms. The third kappa shape index (κ3) is 4.92. The summed E-state index contributed by atoms with van der Waals surface area (Å²) in [6.45, 7) is 6.57. The first-order chi connectivity index (χ1) is 9.65. The van der Waals surface area contributed by atoms with Gasteiger partial charge in [-0.2, -0.15) is 0 Å². The fourth-order valence-electron chi connectivity index (χ4n) is 3.12. The molecule has 1 aliphatic carbocycles. The van der Waals surface area contributed by atoms with Crippen molar-refractivity contribution in [1.29, 1.82) is 0 Å². The Morgan fingerprint density at radius 3 is 2.57 bits per heavy atom. The molecule has 118 valence electrons. The van der Waals surface area contributed by atoms with Crippen molar-refractivity contribution in [2.24, 2.45) is 5.41 Å². The molecule has 1 atom stereocenters. The van der Waals surface area contributed by atoms with E-state index in [2.05, 4.69) is 23.9 Å². The zero-order valence-corrected chi connectivity index (χ0v) is 14.2. The molecule has 2 N–H and O–H groups in total. The van der Waals surface area contributed by atoms with Gasteiger partial charge in [0.05, 0.1) is 11.9 Å². The summed E-state index contributed by atoms with van der Waals surface area (Å²) >= 11 is 0. The van der Waals surface area contributed by atoms with Gasteiger partial charge in [0, 0.05) is 11.7 Å². The predicted molar refractivity (Wildman–Crippen MR) is 89.3 cm³/mol. The highest BCUT2D eigenvalue weighted by atomic mass is 32.2. The first-order valence-corrected chi connectivity index (χ1v) is 9.39. The van der Waals surface area contributed by atoms with Crippen LogP contribution >= 0.6 is 0 Å². The van der Waals surface area contributed by atoms with Gasteiger partial charge in [0.2, 0.25) is 10.0 Å². The van der Waals surface area contributed by atoms with Crippen LogP contribution in [0, 0.1) is 12.3 Å². The lowest BCUT2D eigenvalue weighted by molar-refractivity contribution is 0.229. The van der Waals surface area contributed by atoms with E-state index in [4.69, 9.17) is 0 Å². The molecule has 4 nitrogen and oxygen atoms in total. The minimum absolute atomic E-state index is 0.406. The summed E-state index contributed by atoms with van der Waals surface area (Å²) in [6.07, 6.45) is 6.10. The van der Waals surface area contributed by atoms with Crippen LogP contribution in [0.2, 0.25) is 0 Å². The Bertz CT molecular complexity index is 609. The van der Waals surface area contributed by atoms with Gasteiger partial charge in [0.25, 0.3) is 0 Å². The summed E-state index contributed by atoms with van der Waals surface area (Å²) < 4.78 is 25.1. The molecule has 0 amide bonds. The van der Waals surface area contributed by atoms with Gasteiger partial charge in [-0.15, -0.1) is 0 Å². The van der Waals surface area contributed by atoms with Crippen LogP contribution in [0.5, 0.6) is 0 Å². The molecule has 0 aromatic heterocycles. The Labute approximate surface area is 128 Å². The molecule has 1 aromatic rings. The SMILES string of the molecule is Cc1cc(NC2CCCC(C)(C)C2)ccc1NS(C)(=O)=O. The molecular formula is C16H26N2O2S. The normalized spacial score (nSPS) is 21.8. The maximum atomic E-state index is 11.3. The number of benzene rings is 1. The van der Waals surface area contributed by atoms with Crippen LogP contribution in [-0.2, 0) is 10.0 Å². The Hall–Kier alpha value is -1.23. The van der Waals surface area contributed by atoms with E-state index in [1.165, 1.54) is 31.9 Å². The minimum atomic E-state index is -3.23. The highest BCUT2D eigenvalue weighted by Crippen LogP contribution is 2.36. The monoisotopic (exact) mass is 310 g/mol. The number of hydrogen-bond acceptors (Lipinski definition) is 3. The van der Waals surface area contributed by atoms with E-state index >= 15 is 0 Å². The highest BCUT2D eigenvalue weighted by Gasteiger charge is 2.27. The van der Waals surface area contributed by atoms with E-state index < -0.39 is 10.0 Å². The van der Waals surface area contributed by atoms with Crippen LogP contribution in [0.1, 0.15) is 45.1 Å². The standard InChI is InChI=1S/C16H26N2O2S/c1-12-10-13(7-8-15(12)18-21(4,19)20)17-14-6-5-9-16(2,3)11-14/h7-8,10,14,17-18H,5-6,9,11H2,1-4H3. The zero-order valence-electron chi connectivity index (χ0n) is 13.4. The molecule has 1 aromatic carbocycles. The lowest BCUT2D eigenvalue weighted by atomic mass is 9.75. The maximum absolute atomic E-state index is 11.3. The van der Waals surface area contributed by atoms with Gasteiger partial charge in [-0.3, -0.25) is 4.72 Å². The van der Waals surface area contributed by atoms with E-state index in [0.29, 0.717) is 17.1 Å². The quantitative estimate of drug-likeness (QED) is 0.890. The molecule has 2 rings (SSSR count). The topological polar surface area (TPSA) is 58.2 Å². The summed E-state index contributed by atoms with van der Waals surface area (Å²) in [5.41, 5.74) is 3.05. The Kier molecular flexibility index (Phi) is 4.51. The van der Waals surface area contributed by atoms with Gasteiger partial charge in [0.1, 0.15) is 0 Å². The van der Waals surface area contributed by atoms with Gasteiger partial charge < -0.3 is 5.32 Å². The van der Waals surface area contributed by atoms with E-state index in [0.717, 1.165) is 11.3 Å². The fourth-order valence-corrected chi connectivity index (χ4v) is 3.75. The summed E-state index contributed by atoms with van der Waals surface area (Å²) in [4.78, 5) is 0. The summed E-state index contributed by atoms with van der Waals surface area (Å²) in [7, 11) is -3.23. The Balaban J connectivity index is 2.07. The lowest BCUT2D eigenvalue weighted by Gasteiger charge is -2.36. The second kappa shape index (κ2) is 5.87. The molecule has 1 unspecified atom stereocenters. The van der Waals surface area contributed by atoms with E-state index in [9.17, 15) is 8.42 Å². The van der Waals surface area contributed by atoms with Crippen molar-refractivity contribution in [3.8, 4) is 0 Å². The summed E-state index contributed by atoms with van der Waals surface area (Å²) in [6, 6.07) is 6.28. The molecule has 1 saturated carbocycles. The van der Waals surface area contributed by atoms with Gasteiger partial charge in [-0.25, -0.2) is 8.42 Å². The number of rotatable bonds is 4. The van der Waals surface area contributed by atoms with E-state index in [-0.39, 0.29) is 0 Å². The van der Waals surface area contributed by atoms with Crippen LogP contribution in [-0.4, -0.2) is 20.7 Å². The first kappa shape index (κ1) is 16.1. The fraction of sp³-hybridized carbons (Fsp3) is 0.625. The molecule has 0 radical (unpaired) electrons. The average molecular weight is 310 g/mol. The molecule has 0 heterocycles. The molecule has 21 heavy (non-hydrogen) atoms. The first-order valence-electron chi connectivity index (χ1n) is 7.50. The second-order valence-electron chi connectivity index (χ2n) is 7.01. The third-order valence-electron chi connectivity index (χ3n) is 4.10. The van der Waals surface area contributed by atoms with E-state index in [1.54, 1.807) is 0 Å². The van der Waals surface area contributed by atoms with Crippen molar-refractivity contribution in [2.75, 3.05) is 16.3 Å². The lowest BCUT2D eigenvalue weighted by Crippen LogP contribution is -2.31. The molecule has 5 heteroatoms. The number of sulfonamides is 1. The summed E-state index contributed by atoms with van der Waals surface area (Å²) in [5.74, 6) is 0. The van der Waals surface area contributed by atoms with Crippen molar-refractivity contribution in [3.63, 3.8) is 0 Å². The zero-order chi connectivity index (χ0) is 15.7. The third-order valence-corrected chi connectivity index (χ3v) is 4.69. The predicted octanol–water partition coefficient (Wildman–Crippen LogP) is 3.75. The largest absolute Gasteiger partial charge is 0.382 e. The molecule has 1 aliphatic rings. The van der Waals surface area contributed by atoms with Crippen molar-refractivity contribution < 1.29 is 8.42 Å². The van der Waals surface area contributed by atoms with Crippen molar-refractivity contribution >= 4 is 21.4 Å². The molecule has 1 fully saturated rings. The van der Waals surface area contributed by atoms with Gasteiger partial charge >= 0.3 is 0 Å². The average Bonchev–Trinajstić information content (AvgIpc) is 2.30. The number of anilines is 2. The Morgan fingerprint density at radius 1 is 1.29 bits per heavy atom. The summed E-state index contributed by atoms with van der Waals surface area (Å²) in [5, 5.41) is 3.59. The maximum Gasteiger partial charge on any atom is 0.229 e. The van der Waals surface area contributed by atoms with Gasteiger partial charge in [-0.05, 0) is 55.4 Å². The number of nitrogens with one attached hydrogen (secondary N) is 2. The number of aryl methyl sites for hydroxylation is 1. The number of hydrogen-bond donors (Lipinski definition) is 2. The van der Waals surface area contributed by atoms with Crippen molar-refractivity contribution in [1.82, 2.24) is 0 Å². The van der Waals surface area contributed by atoms with Crippen LogP contribution in [0.3, 0.4) is 0 Å². The van der Waals surface area contributed by atoms with Gasteiger partial charge in [0.15, 0.2) is 0 Å². The highest BCUT2D eigenvalue weighted by molar-refractivity contribution is 7.92. The second-order valence-corrected chi connectivity index (χ2v) is 8.75. The van der Waals surface area contributed by atoms with Crippen LogP contribution < -0.4 is 10.0 Å². The van der Waals surface area contributed by atoms with Gasteiger partial charge in [-0.1, -0.05) is 20.3 Å². The minimum Gasteiger partial charge on any atom is -0.382 e. The van der Waals surface area contributed by atoms with Crippen LogP contribution in [0.4, 0.5) is 11.4 Å². The molecule has 0 saturated heterocycles. The molecule has 0 aliphatic heterocycles. The van der Waals surface area contributed by atoms with E-state index in [1.807, 2.05) is 25.1 Å². The van der Waals surface area contributed by atoms with Crippen LogP contribution in [0.15, 0.2) is 18.2 Å². The Morgan fingerprint density at radius 2 is 2.00 bits per heavy atom. The molecular weight excluding hydrogens is 284 g/mol. The van der Waals surface area contributed by atoms with Crippen molar-refractivity contribution in [2.45, 2.75) is 52.5 Å². The smallest absolute Gasteiger partial charge is 0.229 e. The molecule has 0 spiro atoms. The van der Waals surface area contributed by atoms with Crippen molar-refractivity contribution in [3.05, 3.63) is 23.8 Å².